The van der Waals surface area contributed by atoms with Gasteiger partial charge in [-0.05, 0) is 46.2 Å². The minimum absolute atomic E-state index is 0.0508. The SMILES string of the molecule is Cc1cccc(CSCC(=O)N(Cc2ccccc2F)[C@@H](C)C(=O)NC(C)(C)C)c1. The number of nitrogens with zero attached hydrogens (tertiary/aromatic N) is 1. The Labute approximate surface area is 183 Å². The van der Waals surface area contributed by atoms with Gasteiger partial charge in [0.05, 0.1) is 5.75 Å². The molecule has 1 N–H and O–H groups in total. The third-order valence-electron chi connectivity index (χ3n) is 4.54. The fraction of sp³-hybridized carbons (Fsp3) is 0.417. The molecule has 0 aliphatic rings. The van der Waals surface area contributed by atoms with E-state index in [1.807, 2.05) is 45.9 Å². The van der Waals surface area contributed by atoms with E-state index in [2.05, 4.69) is 11.4 Å². The maximum atomic E-state index is 14.2. The average molecular weight is 431 g/mol. The van der Waals surface area contributed by atoms with Gasteiger partial charge in [-0.1, -0.05) is 48.0 Å². The molecule has 0 aromatic heterocycles. The number of hydrogen-bond acceptors (Lipinski definition) is 3. The molecule has 2 aromatic rings. The first-order chi connectivity index (χ1) is 14.1. The van der Waals surface area contributed by atoms with Gasteiger partial charge in [-0.15, -0.1) is 11.8 Å². The van der Waals surface area contributed by atoms with E-state index in [-0.39, 0.29) is 29.9 Å². The smallest absolute Gasteiger partial charge is 0.242 e. The van der Waals surface area contributed by atoms with Crippen molar-refractivity contribution in [2.75, 3.05) is 5.75 Å². The highest BCUT2D eigenvalue weighted by Crippen LogP contribution is 2.18. The minimum Gasteiger partial charge on any atom is -0.350 e. The van der Waals surface area contributed by atoms with Crippen LogP contribution < -0.4 is 5.32 Å². The maximum absolute atomic E-state index is 14.2. The Kier molecular flexibility index (Phi) is 8.47. The molecule has 2 amide bonds. The third-order valence-corrected chi connectivity index (χ3v) is 5.53. The second-order valence-electron chi connectivity index (χ2n) is 8.51. The second-order valence-corrected chi connectivity index (χ2v) is 9.50. The molecule has 0 saturated heterocycles. The molecule has 0 bridgehead atoms. The highest BCUT2D eigenvalue weighted by molar-refractivity contribution is 7.99. The summed E-state index contributed by atoms with van der Waals surface area (Å²) in [7, 11) is 0. The number of halogens is 1. The van der Waals surface area contributed by atoms with Gasteiger partial charge in [0, 0.05) is 23.4 Å². The molecule has 0 unspecified atom stereocenters. The molecule has 6 heteroatoms. The Morgan fingerprint density at radius 3 is 2.47 bits per heavy atom. The third kappa shape index (κ3) is 7.48. The van der Waals surface area contributed by atoms with Crippen LogP contribution in [0.3, 0.4) is 0 Å². The number of nitrogens with one attached hydrogen (secondary N) is 1. The lowest BCUT2D eigenvalue weighted by Crippen LogP contribution is -2.52. The summed E-state index contributed by atoms with van der Waals surface area (Å²) in [4.78, 5) is 27.2. The summed E-state index contributed by atoms with van der Waals surface area (Å²) in [5.41, 5.74) is 2.29. The van der Waals surface area contributed by atoms with Crippen LogP contribution >= 0.6 is 11.8 Å². The van der Waals surface area contributed by atoms with Gasteiger partial charge in [0.25, 0.3) is 0 Å². The van der Waals surface area contributed by atoms with Gasteiger partial charge in [0.2, 0.25) is 11.8 Å². The molecule has 0 fully saturated rings. The Balaban J connectivity index is 2.11. The number of thioether (sulfide) groups is 1. The molecule has 0 radical (unpaired) electrons. The van der Waals surface area contributed by atoms with Crippen molar-refractivity contribution in [2.45, 2.75) is 58.5 Å². The van der Waals surface area contributed by atoms with Crippen LogP contribution in [0.1, 0.15) is 44.4 Å². The highest BCUT2D eigenvalue weighted by Gasteiger charge is 2.28. The average Bonchev–Trinajstić information content (AvgIpc) is 2.65. The number of rotatable bonds is 8. The summed E-state index contributed by atoms with van der Waals surface area (Å²) >= 11 is 1.49. The van der Waals surface area contributed by atoms with Crippen molar-refractivity contribution in [3.63, 3.8) is 0 Å². The molecule has 2 aromatic carbocycles. The molecule has 162 valence electrons. The second kappa shape index (κ2) is 10.6. The normalized spacial score (nSPS) is 12.3. The first-order valence-corrected chi connectivity index (χ1v) is 11.2. The zero-order valence-electron chi connectivity index (χ0n) is 18.4. The van der Waals surface area contributed by atoms with Crippen LogP contribution in [-0.2, 0) is 21.9 Å². The van der Waals surface area contributed by atoms with E-state index in [1.54, 1.807) is 25.1 Å². The molecule has 0 aliphatic carbocycles. The van der Waals surface area contributed by atoms with Gasteiger partial charge in [-0.2, -0.15) is 0 Å². The number of amides is 2. The predicted molar refractivity (Wildman–Crippen MR) is 122 cm³/mol. The zero-order valence-corrected chi connectivity index (χ0v) is 19.2. The van der Waals surface area contributed by atoms with Crippen molar-refractivity contribution < 1.29 is 14.0 Å². The van der Waals surface area contributed by atoms with E-state index in [1.165, 1.54) is 28.3 Å². The van der Waals surface area contributed by atoms with Crippen molar-refractivity contribution >= 4 is 23.6 Å². The van der Waals surface area contributed by atoms with Crippen LogP contribution in [0.4, 0.5) is 4.39 Å². The van der Waals surface area contributed by atoms with Crippen molar-refractivity contribution in [1.82, 2.24) is 10.2 Å². The number of hydrogen-bond donors (Lipinski definition) is 1. The first-order valence-electron chi connectivity index (χ1n) is 10.0. The van der Waals surface area contributed by atoms with Gasteiger partial charge < -0.3 is 10.2 Å². The quantitative estimate of drug-likeness (QED) is 0.660. The lowest BCUT2D eigenvalue weighted by Gasteiger charge is -2.31. The van der Waals surface area contributed by atoms with Crippen LogP contribution in [0.5, 0.6) is 0 Å². The lowest BCUT2D eigenvalue weighted by molar-refractivity contribution is -0.139. The van der Waals surface area contributed by atoms with Crippen LogP contribution in [0.2, 0.25) is 0 Å². The Bertz CT molecular complexity index is 880. The summed E-state index contributed by atoms with van der Waals surface area (Å²) in [5, 5.41) is 2.91. The van der Waals surface area contributed by atoms with Crippen LogP contribution in [0.15, 0.2) is 48.5 Å². The fourth-order valence-corrected chi connectivity index (χ4v) is 3.87. The van der Waals surface area contributed by atoms with E-state index in [9.17, 15) is 14.0 Å². The fourth-order valence-electron chi connectivity index (χ4n) is 3.01. The Morgan fingerprint density at radius 1 is 1.13 bits per heavy atom. The molecule has 0 heterocycles. The van der Waals surface area contributed by atoms with Gasteiger partial charge >= 0.3 is 0 Å². The Hall–Kier alpha value is -2.34. The molecular formula is C24H31FN2O2S. The van der Waals surface area contributed by atoms with E-state index in [0.717, 1.165) is 5.56 Å². The van der Waals surface area contributed by atoms with E-state index >= 15 is 0 Å². The molecule has 0 spiro atoms. The number of carbonyl (C=O) groups excluding carboxylic acids is 2. The monoisotopic (exact) mass is 430 g/mol. The van der Waals surface area contributed by atoms with E-state index in [4.69, 9.17) is 0 Å². The molecule has 0 aliphatic heterocycles. The van der Waals surface area contributed by atoms with Crippen molar-refractivity contribution in [1.29, 1.82) is 0 Å². The molecule has 1 atom stereocenters. The van der Waals surface area contributed by atoms with Crippen molar-refractivity contribution in [3.05, 3.63) is 71.0 Å². The summed E-state index contributed by atoms with van der Waals surface area (Å²) in [6.07, 6.45) is 0. The maximum Gasteiger partial charge on any atom is 0.242 e. The van der Waals surface area contributed by atoms with E-state index in [0.29, 0.717) is 11.3 Å². The molecule has 30 heavy (non-hydrogen) atoms. The Morgan fingerprint density at radius 2 is 1.83 bits per heavy atom. The zero-order chi connectivity index (χ0) is 22.3. The van der Waals surface area contributed by atoms with Crippen LogP contribution in [0.25, 0.3) is 0 Å². The minimum atomic E-state index is -0.712. The van der Waals surface area contributed by atoms with Crippen molar-refractivity contribution in [3.8, 4) is 0 Å². The topological polar surface area (TPSA) is 49.4 Å². The number of benzene rings is 2. The molecule has 4 nitrogen and oxygen atoms in total. The largest absolute Gasteiger partial charge is 0.350 e. The molecule has 0 saturated carbocycles. The predicted octanol–water partition coefficient (Wildman–Crippen LogP) is 4.70. The number of aryl methyl sites for hydroxylation is 1. The summed E-state index contributed by atoms with van der Waals surface area (Å²) in [6, 6.07) is 13.8. The van der Waals surface area contributed by atoms with Crippen molar-refractivity contribution in [2.24, 2.45) is 0 Å². The van der Waals surface area contributed by atoms with Crippen LogP contribution in [-0.4, -0.2) is 34.0 Å². The highest BCUT2D eigenvalue weighted by atomic mass is 32.2. The van der Waals surface area contributed by atoms with Gasteiger partial charge in [0.1, 0.15) is 11.9 Å². The van der Waals surface area contributed by atoms with Gasteiger partial charge in [-0.25, -0.2) is 4.39 Å². The van der Waals surface area contributed by atoms with Crippen LogP contribution in [0, 0.1) is 12.7 Å². The summed E-state index contributed by atoms with van der Waals surface area (Å²) in [6.45, 7) is 9.43. The standard InChI is InChI=1S/C24H31FN2O2S/c1-17-9-8-10-19(13-17)15-30-16-22(28)27(14-20-11-6-7-12-21(20)25)18(2)23(29)26-24(3,4)5/h6-13,18H,14-16H2,1-5H3,(H,26,29)/t18-/m0/s1. The molecule has 2 rings (SSSR count). The summed E-state index contributed by atoms with van der Waals surface area (Å²) < 4.78 is 14.2. The summed E-state index contributed by atoms with van der Waals surface area (Å²) in [5.74, 6) is 0.0912. The van der Waals surface area contributed by atoms with Gasteiger partial charge in [0.15, 0.2) is 0 Å². The van der Waals surface area contributed by atoms with E-state index < -0.39 is 11.6 Å². The lowest BCUT2D eigenvalue weighted by atomic mass is 10.1. The first kappa shape index (κ1) is 23.9. The molecular weight excluding hydrogens is 399 g/mol. The van der Waals surface area contributed by atoms with Gasteiger partial charge in [-0.3, -0.25) is 9.59 Å². The number of carbonyl (C=O) groups is 2.